The summed E-state index contributed by atoms with van der Waals surface area (Å²) < 4.78 is 28.0. The van der Waals surface area contributed by atoms with Gasteiger partial charge >= 0.3 is 6.03 Å². The van der Waals surface area contributed by atoms with Crippen LogP contribution in [0.2, 0.25) is 0 Å². The Balaban J connectivity index is 0.00000176. The Morgan fingerprint density at radius 1 is 0.972 bits per heavy atom. The number of hydrogen-bond donors (Lipinski definition) is 1. The summed E-state index contributed by atoms with van der Waals surface area (Å²) in [6, 6.07) is 11.5. The van der Waals surface area contributed by atoms with Crippen LogP contribution in [-0.2, 0) is 0 Å². The van der Waals surface area contributed by atoms with Gasteiger partial charge in [0.1, 0.15) is 11.6 Å². The molecule has 0 radical (unpaired) electrons. The lowest BCUT2D eigenvalue weighted by Gasteiger charge is -2.34. The largest absolute Gasteiger partial charge is 0.327 e. The second-order valence-corrected chi connectivity index (χ2v) is 9.89. The van der Waals surface area contributed by atoms with Crippen LogP contribution in [0.3, 0.4) is 0 Å². The fraction of sp³-hybridized carbons (Fsp3) is 0.552. The molecule has 2 aromatic carbocycles. The Morgan fingerprint density at radius 3 is 2.11 bits per heavy atom. The number of piperidine rings is 1. The SMILES string of the molecule is CC.CC1CN(CC2CCN(C)CC2)CCCN1C(=O)NC(c1cccc(F)c1)c1cccc(F)c1. The van der Waals surface area contributed by atoms with Crippen LogP contribution in [0.5, 0.6) is 0 Å². The molecule has 0 spiro atoms. The van der Waals surface area contributed by atoms with Crippen molar-refractivity contribution in [1.29, 1.82) is 0 Å². The molecule has 2 heterocycles. The Hall–Kier alpha value is -2.51. The van der Waals surface area contributed by atoms with Crippen molar-refractivity contribution in [3.8, 4) is 0 Å². The molecule has 2 amide bonds. The van der Waals surface area contributed by atoms with Crippen LogP contribution in [0.4, 0.5) is 13.6 Å². The van der Waals surface area contributed by atoms with Gasteiger partial charge in [-0.05, 0) is 94.2 Å². The van der Waals surface area contributed by atoms with Gasteiger partial charge in [0.05, 0.1) is 6.04 Å². The van der Waals surface area contributed by atoms with Gasteiger partial charge < -0.3 is 20.0 Å². The zero-order chi connectivity index (χ0) is 26.1. The molecular weight excluding hydrogens is 458 g/mol. The average Bonchev–Trinajstić information content (AvgIpc) is 3.05. The summed E-state index contributed by atoms with van der Waals surface area (Å²) in [5.74, 6) is -0.0595. The molecule has 2 aliphatic heterocycles. The summed E-state index contributed by atoms with van der Waals surface area (Å²) in [6.45, 7) is 12.0. The maximum absolute atomic E-state index is 14.0. The van der Waals surface area contributed by atoms with E-state index in [0.29, 0.717) is 23.6 Å². The van der Waals surface area contributed by atoms with E-state index in [2.05, 4.69) is 29.1 Å². The second kappa shape index (κ2) is 13.7. The van der Waals surface area contributed by atoms with Crippen LogP contribution in [0.15, 0.2) is 48.5 Å². The summed E-state index contributed by atoms with van der Waals surface area (Å²) in [6.07, 6.45) is 3.37. The topological polar surface area (TPSA) is 38.8 Å². The van der Waals surface area contributed by atoms with Crippen molar-refractivity contribution < 1.29 is 13.6 Å². The van der Waals surface area contributed by atoms with Crippen molar-refractivity contribution in [2.24, 2.45) is 5.92 Å². The van der Waals surface area contributed by atoms with E-state index in [9.17, 15) is 13.6 Å². The molecule has 5 nitrogen and oxygen atoms in total. The number of carbonyl (C=O) groups is 1. The molecule has 2 fully saturated rings. The molecule has 0 bridgehead atoms. The second-order valence-electron chi connectivity index (χ2n) is 9.89. The van der Waals surface area contributed by atoms with Gasteiger partial charge in [0, 0.05) is 25.7 Å². The fourth-order valence-electron chi connectivity index (χ4n) is 5.26. The number of urea groups is 1. The zero-order valence-corrected chi connectivity index (χ0v) is 22.2. The Bertz CT molecular complexity index is 918. The molecule has 2 aliphatic rings. The van der Waals surface area contributed by atoms with Gasteiger partial charge in [0.2, 0.25) is 0 Å². The number of halogens is 2. The molecule has 2 aromatic rings. The minimum absolute atomic E-state index is 0.0504. The standard InChI is InChI=1S/C27H36F2N4O.C2H6/c1-20-18-32(19-21-10-14-31(2)15-11-21)12-5-13-33(20)27(34)30-26(22-6-3-8-24(28)16-22)23-7-4-9-25(29)17-23;1-2/h3-4,6-9,16-17,20-21,26H,5,10-15,18-19H2,1-2H3,(H,30,34);1-2H3. The molecule has 198 valence electrons. The molecule has 1 atom stereocenters. The van der Waals surface area contributed by atoms with Gasteiger partial charge in [-0.3, -0.25) is 0 Å². The number of carbonyl (C=O) groups excluding carboxylic acids is 1. The molecule has 2 saturated heterocycles. The third kappa shape index (κ3) is 7.74. The van der Waals surface area contributed by atoms with Gasteiger partial charge in [0.25, 0.3) is 0 Å². The number of benzene rings is 2. The molecule has 0 aliphatic carbocycles. The zero-order valence-electron chi connectivity index (χ0n) is 22.2. The summed E-state index contributed by atoms with van der Waals surface area (Å²) in [5, 5.41) is 3.06. The number of nitrogens with one attached hydrogen (secondary N) is 1. The molecular formula is C29H42F2N4O. The Kier molecular flexibility index (Phi) is 10.7. The first kappa shape index (κ1) is 28.1. The van der Waals surface area contributed by atoms with Crippen molar-refractivity contribution in [2.75, 3.05) is 46.3 Å². The van der Waals surface area contributed by atoms with Crippen molar-refractivity contribution in [2.45, 2.75) is 52.1 Å². The van der Waals surface area contributed by atoms with Crippen molar-refractivity contribution >= 4 is 6.03 Å². The molecule has 0 aromatic heterocycles. The van der Waals surface area contributed by atoms with Gasteiger partial charge in [-0.25, -0.2) is 13.6 Å². The normalized spacial score (nSPS) is 20.0. The van der Waals surface area contributed by atoms with Gasteiger partial charge in [-0.15, -0.1) is 0 Å². The fourth-order valence-corrected chi connectivity index (χ4v) is 5.26. The summed E-state index contributed by atoms with van der Waals surface area (Å²) in [7, 11) is 2.18. The maximum atomic E-state index is 14.0. The van der Waals surface area contributed by atoms with Gasteiger partial charge in [0.15, 0.2) is 0 Å². The van der Waals surface area contributed by atoms with E-state index in [1.807, 2.05) is 18.7 Å². The minimum Gasteiger partial charge on any atom is -0.327 e. The highest BCUT2D eigenvalue weighted by Crippen LogP contribution is 2.25. The van der Waals surface area contributed by atoms with E-state index in [0.717, 1.165) is 39.1 Å². The van der Waals surface area contributed by atoms with E-state index < -0.39 is 6.04 Å². The molecule has 0 saturated carbocycles. The molecule has 4 rings (SSSR count). The average molecular weight is 501 g/mol. The summed E-state index contributed by atoms with van der Waals surface area (Å²) >= 11 is 0. The third-order valence-corrected chi connectivity index (χ3v) is 7.18. The van der Waals surface area contributed by atoms with Crippen LogP contribution in [-0.4, -0.2) is 73.1 Å². The van der Waals surface area contributed by atoms with Crippen molar-refractivity contribution in [1.82, 2.24) is 20.0 Å². The lowest BCUT2D eigenvalue weighted by Crippen LogP contribution is -2.49. The first-order chi connectivity index (χ1) is 17.4. The highest BCUT2D eigenvalue weighted by molar-refractivity contribution is 5.75. The maximum Gasteiger partial charge on any atom is 0.318 e. The smallest absolute Gasteiger partial charge is 0.318 e. The van der Waals surface area contributed by atoms with Crippen LogP contribution >= 0.6 is 0 Å². The number of likely N-dealkylation sites (tertiary alicyclic amines) is 1. The Labute approximate surface area is 215 Å². The first-order valence-corrected chi connectivity index (χ1v) is 13.4. The highest BCUT2D eigenvalue weighted by atomic mass is 19.1. The molecule has 7 heteroatoms. The van der Waals surface area contributed by atoms with E-state index in [1.54, 1.807) is 24.3 Å². The third-order valence-electron chi connectivity index (χ3n) is 7.18. The van der Waals surface area contributed by atoms with Crippen LogP contribution in [0, 0.1) is 17.6 Å². The molecule has 1 unspecified atom stereocenters. The van der Waals surface area contributed by atoms with E-state index in [-0.39, 0.29) is 23.7 Å². The molecule has 36 heavy (non-hydrogen) atoms. The number of hydrogen-bond acceptors (Lipinski definition) is 3. The van der Waals surface area contributed by atoms with E-state index in [4.69, 9.17) is 0 Å². The van der Waals surface area contributed by atoms with Gasteiger partial charge in [-0.1, -0.05) is 38.1 Å². The van der Waals surface area contributed by atoms with Crippen LogP contribution in [0.1, 0.15) is 57.2 Å². The number of amides is 2. The van der Waals surface area contributed by atoms with Crippen LogP contribution < -0.4 is 5.32 Å². The van der Waals surface area contributed by atoms with E-state index in [1.165, 1.54) is 37.1 Å². The number of rotatable bonds is 5. The Morgan fingerprint density at radius 2 is 1.56 bits per heavy atom. The summed E-state index contributed by atoms with van der Waals surface area (Å²) in [4.78, 5) is 20.2. The van der Waals surface area contributed by atoms with Crippen molar-refractivity contribution in [3.63, 3.8) is 0 Å². The quantitative estimate of drug-likeness (QED) is 0.587. The monoisotopic (exact) mass is 500 g/mol. The first-order valence-electron chi connectivity index (χ1n) is 13.4. The minimum atomic E-state index is -0.635. The summed E-state index contributed by atoms with van der Waals surface area (Å²) in [5.41, 5.74) is 1.18. The molecule has 1 N–H and O–H groups in total. The van der Waals surface area contributed by atoms with Crippen molar-refractivity contribution in [3.05, 3.63) is 71.3 Å². The predicted molar refractivity (Wildman–Crippen MR) is 142 cm³/mol. The predicted octanol–water partition coefficient (Wildman–Crippen LogP) is 5.53. The lowest BCUT2D eigenvalue weighted by atomic mass is 9.96. The number of nitrogens with zero attached hydrogens (tertiary/aromatic N) is 3. The van der Waals surface area contributed by atoms with Gasteiger partial charge in [-0.2, -0.15) is 0 Å². The highest BCUT2D eigenvalue weighted by Gasteiger charge is 2.29. The lowest BCUT2D eigenvalue weighted by molar-refractivity contribution is 0.146. The van der Waals surface area contributed by atoms with Crippen LogP contribution in [0.25, 0.3) is 0 Å². The van der Waals surface area contributed by atoms with E-state index >= 15 is 0 Å².